The standard InChI is InChI=1S/C17H24N4O/c1-4-7-13-12-16(19(3)18-13)17(22)21-11-10-20-9-6-8-15(20)14(21)5-2/h6,8-9,12,14H,4-5,7,10-11H2,1-3H3/t14-/m0/s1. The van der Waals surface area contributed by atoms with Crippen LogP contribution in [0.1, 0.15) is 54.6 Å². The van der Waals surface area contributed by atoms with Crippen LogP contribution >= 0.6 is 0 Å². The fourth-order valence-electron chi connectivity index (χ4n) is 3.39. The molecule has 0 bridgehead atoms. The lowest BCUT2D eigenvalue weighted by molar-refractivity contribution is 0.0606. The van der Waals surface area contributed by atoms with Crippen molar-refractivity contribution >= 4 is 5.91 Å². The van der Waals surface area contributed by atoms with Crippen LogP contribution < -0.4 is 0 Å². The number of amides is 1. The van der Waals surface area contributed by atoms with Crippen molar-refractivity contribution in [3.63, 3.8) is 0 Å². The second kappa shape index (κ2) is 5.99. The Kier molecular flexibility index (Phi) is 4.05. The second-order valence-corrected chi connectivity index (χ2v) is 5.94. The van der Waals surface area contributed by atoms with Gasteiger partial charge in [0.15, 0.2) is 0 Å². The Hall–Kier alpha value is -2.04. The van der Waals surface area contributed by atoms with Gasteiger partial charge in [0.05, 0.1) is 11.7 Å². The number of nitrogens with zero attached hydrogens (tertiary/aromatic N) is 4. The normalized spacial score (nSPS) is 17.6. The lowest BCUT2D eigenvalue weighted by Gasteiger charge is -2.36. The highest BCUT2D eigenvalue weighted by Crippen LogP contribution is 2.30. The van der Waals surface area contributed by atoms with E-state index < -0.39 is 0 Å². The van der Waals surface area contributed by atoms with Gasteiger partial charge in [0.2, 0.25) is 0 Å². The second-order valence-electron chi connectivity index (χ2n) is 5.94. The average molecular weight is 300 g/mol. The molecule has 1 aliphatic rings. The molecule has 1 amide bonds. The van der Waals surface area contributed by atoms with E-state index in [2.05, 4.69) is 41.8 Å². The number of aromatic nitrogens is 3. The van der Waals surface area contributed by atoms with E-state index in [1.54, 1.807) is 4.68 Å². The van der Waals surface area contributed by atoms with Crippen molar-refractivity contribution in [1.29, 1.82) is 0 Å². The van der Waals surface area contributed by atoms with Gasteiger partial charge in [-0.3, -0.25) is 9.48 Å². The number of carbonyl (C=O) groups excluding carboxylic acids is 1. The Morgan fingerprint density at radius 1 is 1.36 bits per heavy atom. The molecule has 1 aliphatic heterocycles. The summed E-state index contributed by atoms with van der Waals surface area (Å²) in [7, 11) is 1.86. The number of hydrogen-bond donors (Lipinski definition) is 0. The van der Waals surface area contributed by atoms with E-state index in [1.165, 1.54) is 5.69 Å². The zero-order valence-corrected chi connectivity index (χ0v) is 13.6. The van der Waals surface area contributed by atoms with Crippen molar-refractivity contribution in [3.05, 3.63) is 41.5 Å². The highest BCUT2D eigenvalue weighted by atomic mass is 16.2. The van der Waals surface area contributed by atoms with E-state index in [9.17, 15) is 4.79 Å². The summed E-state index contributed by atoms with van der Waals surface area (Å²) < 4.78 is 3.98. The largest absolute Gasteiger partial charge is 0.348 e. The maximum absolute atomic E-state index is 13.0. The van der Waals surface area contributed by atoms with Crippen LogP contribution in [0.2, 0.25) is 0 Å². The Morgan fingerprint density at radius 2 is 2.18 bits per heavy atom. The first-order valence-electron chi connectivity index (χ1n) is 8.14. The Balaban J connectivity index is 1.89. The SMILES string of the molecule is CCCc1cc(C(=O)N2CCn3cccc3[C@@H]2CC)n(C)n1. The summed E-state index contributed by atoms with van der Waals surface area (Å²) in [5, 5.41) is 4.47. The number of rotatable bonds is 4. The van der Waals surface area contributed by atoms with Crippen molar-refractivity contribution in [2.45, 2.75) is 45.7 Å². The molecule has 0 spiro atoms. The van der Waals surface area contributed by atoms with Gasteiger partial charge in [-0.25, -0.2) is 0 Å². The van der Waals surface area contributed by atoms with Crippen molar-refractivity contribution in [1.82, 2.24) is 19.2 Å². The minimum Gasteiger partial charge on any atom is -0.348 e. The quantitative estimate of drug-likeness (QED) is 0.871. The summed E-state index contributed by atoms with van der Waals surface area (Å²) >= 11 is 0. The molecular formula is C17H24N4O. The van der Waals surface area contributed by atoms with Gasteiger partial charge in [0, 0.05) is 32.0 Å². The van der Waals surface area contributed by atoms with E-state index in [-0.39, 0.29) is 11.9 Å². The molecule has 2 aromatic rings. The molecule has 0 unspecified atom stereocenters. The first kappa shape index (κ1) is 14.9. The molecule has 1 atom stereocenters. The first-order valence-corrected chi connectivity index (χ1v) is 8.14. The van der Waals surface area contributed by atoms with E-state index in [4.69, 9.17) is 0 Å². The van der Waals surface area contributed by atoms with Crippen molar-refractivity contribution in [3.8, 4) is 0 Å². The van der Waals surface area contributed by atoms with Crippen LogP contribution in [0.3, 0.4) is 0 Å². The molecule has 3 heterocycles. The Labute approximate surface area is 131 Å². The van der Waals surface area contributed by atoms with Gasteiger partial charge in [0.25, 0.3) is 5.91 Å². The maximum Gasteiger partial charge on any atom is 0.272 e. The predicted octanol–water partition coefficient (Wildman–Crippen LogP) is 2.78. The number of aryl methyl sites for hydroxylation is 2. The molecule has 5 heteroatoms. The summed E-state index contributed by atoms with van der Waals surface area (Å²) in [6, 6.07) is 6.29. The summed E-state index contributed by atoms with van der Waals surface area (Å²) in [6.07, 6.45) is 4.99. The molecule has 5 nitrogen and oxygen atoms in total. The lowest BCUT2D eigenvalue weighted by atomic mass is 10.1. The lowest BCUT2D eigenvalue weighted by Crippen LogP contribution is -2.42. The molecule has 0 N–H and O–H groups in total. The molecule has 0 aromatic carbocycles. The third kappa shape index (κ3) is 2.45. The van der Waals surface area contributed by atoms with Crippen molar-refractivity contribution in [2.75, 3.05) is 6.54 Å². The zero-order valence-electron chi connectivity index (χ0n) is 13.6. The van der Waals surface area contributed by atoms with Crippen LogP contribution in [-0.4, -0.2) is 31.7 Å². The van der Waals surface area contributed by atoms with E-state index >= 15 is 0 Å². The van der Waals surface area contributed by atoms with Gasteiger partial charge in [-0.15, -0.1) is 0 Å². The molecule has 0 radical (unpaired) electrons. The minimum absolute atomic E-state index is 0.0941. The predicted molar refractivity (Wildman–Crippen MR) is 85.7 cm³/mol. The van der Waals surface area contributed by atoms with Crippen LogP contribution in [0.4, 0.5) is 0 Å². The number of fused-ring (bicyclic) bond motifs is 1. The Bertz CT molecular complexity index is 670. The summed E-state index contributed by atoms with van der Waals surface area (Å²) in [4.78, 5) is 15.0. The molecule has 0 aliphatic carbocycles. The van der Waals surface area contributed by atoms with Gasteiger partial charge >= 0.3 is 0 Å². The van der Waals surface area contributed by atoms with Crippen LogP contribution in [0, 0.1) is 0 Å². The van der Waals surface area contributed by atoms with E-state index in [0.717, 1.165) is 38.0 Å². The summed E-state index contributed by atoms with van der Waals surface area (Å²) in [5.74, 6) is 0.0941. The maximum atomic E-state index is 13.0. The molecule has 0 saturated heterocycles. The van der Waals surface area contributed by atoms with Crippen LogP contribution in [-0.2, 0) is 20.0 Å². The number of hydrogen-bond acceptors (Lipinski definition) is 2. The number of carbonyl (C=O) groups is 1. The fraction of sp³-hybridized carbons (Fsp3) is 0.529. The van der Waals surface area contributed by atoms with E-state index in [1.807, 2.05) is 18.0 Å². The van der Waals surface area contributed by atoms with Crippen LogP contribution in [0.15, 0.2) is 24.4 Å². The highest BCUT2D eigenvalue weighted by molar-refractivity contribution is 5.93. The van der Waals surface area contributed by atoms with E-state index in [0.29, 0.717) is 5.69 Å². The fourth-order valence-corrected chi connectivity index (χ4v) is 3.39. The van der Waals surface area contributed by atoms with Crippen molar-refractivity contribution < 1.29 is 4.79 Å². The summed E-state index contributed by atoms with van der Waals surface area (Å²) in [5.41, 5.74) is 2.93. The van der Waals surface area contributed by atoms with Gasteiger partial charge in [0.1, 0.15) is 5.69 Å². The molecule has 0 saturated carbocycles. The minimum atomic E-state index is 0.0941. The third-order valence-electron chi connectivity index (χ3n) is 4.47. The molecule has 0 fully saturated rings. The van der Waals surface area contributed by atoms with Crippen molar-refractivity contribution in [2.24, 2.45) is 7.05 Å². The molecule has 3 rings (SSSR count). The van der Waals surface area contributed by atoms with Gasteiger partial charge < -0.3 is 9.47 Å². The van der Waals surface area contributed by atoms with Crippen LogP contribution in [0.25, 0.3) is 0 Å². The topological polar surface area (TPSA) is 43.1 Å². The monoisotopic (exact) mass is 300 g/mol. The average Bonchev–Trinajstić information content (AvgIpc) is 3.12. The van der Waals surface area contributed by atoms with Gasteiger partial charge in [-0.05, 0) is 31.0 Å². The third-order valence-corrected chi connectivity index (χ3v) is 4.47. The molecular weight excluding hydrogens is 276 g/mol. The first-order chi connectivity index (χ1) is 10.7. The smallest absolute Gasteiger partial charge is 0.272 e. The summed E-state index contributed by atoms with van der Waals surface area (Å²) in [6.45, 7) is 5.89. The van der Waals surface area contributed by atoms with Gasteiger partial charge in [-0.1, -0.05) is 20.3 Å². The molecule has 22 heavy (non-hydrogen) atoms. The highest BCUT2D eigenvalue weighted by Gasteiger charge is 2.31. The Morgan fingerprint density at radius 3 is 2.91 bits per heavy atom. The van der Waals surface area contributed by atoms with Gasteiger partial charge in [-0.2, -0.15) is 5.10 Å². The molecule has 2 aromatic heterocycles. The molecule has 118 valence electrons. The zero-order chi connectivity index (χ0) is 15.7. The van der Waals surface area contributed by atoms with Crippen LogP contribution in [0.5, 0.6) is 0 Å².